The van der Waals surface area contributed by atoms with E-state index in [0.29, 0.717) is 17.5 Å². The Bertz CT molecular complexity index is 358. The molecule has 0 aliphatic heterocycles. The number of rotatable bonds is 6. The quantitative estimate of drug-likeness (QED) is 0.762. The minimum Gasteiger partial charge on any atom is -0.393 e. The van der Waals surface area contributed by atoms with Crippen molar-refractivity contribution in [2.45, 2.75) is 26.3 Å². The lowest BCUT2D eigenvalue weighted by Gasteiger charge is -2.23. The van der Waals surface area contributed by atoms with Gasteiger partial charge in [-0.3, -0.25) is 0 Å². The van der Waals surface area contributed by atoms with Gasteiger partial charge in [-0.25, -0.2) is 9.97 Å². The second-order valence-corrected chi connectivity index (χ2v) is 4.45. The van der Waals surface area contributed by atoms with E-state index in [9.17, 15) is 0 Å². The maximum Gasteiger partial charge on any atom is 0.157 e. The van der Waals surface area contributed by atoms with Crippen LogP contribution >= 0.6 is 11.6 Å². The first kappa shape index (κ1) is 14.0. The third kappa shape index (κ3) is 4.02. The van der Waals surface area contributed by atoms with Crippen LogP contribution in [0.5, 0.6) is 0 Å². The van der Waals surface area contributed by atoms with E-state index in [4.69, 9.17) is 17.3 Å². The van der Waals surface area contributed by atoms with Crippen molar-refractivity contribution in [2.75, 3.05) is 31.2 Å². The van der Waals surface area contributed by atoms with Crippen LogP contribution < -0.4 is 11.1 Å². The van der Waals surface area contributed by atoms with Crippen LogP contribution in [0.25, 0.3) is 0 Å². The van der Waals surface area contributed by atoms with E-state index < -0.39 is 0 Å². The second-order valence-electron chi connectivity index (χ2n) is 4.09. The van der Waals surface area contributed by atoms with Crippen LogP contribution in [0.15, 0.2) is 6.33 Å². The van der Waals surface area contributed by atoms with E-state index in [0.717, 1.165) is 19.5 Å². The minimum atomic E-state index is 0.290. The summed E-state index contributed by atoms with van der Waals surface area (Å²) in [5, 5.41) is 3.45. The van der Waals surface area contributed by atoms with Crippen LogP contribution in [-0.4, -0.2) is 41.0 Å². The highest BCUT2D eigenvalue weighted by Gasteiger charge is 2.08. The Labute approximate surface area is 107 Å². The molecular formula is C11H20ClN5. The summed E-state index contributed by atoms with van der Waals surface area (Å²) in [6.07, 6.45) is 2.54. The number of aromatic nitrogens is 2. The lowest BCUT2D eigenvalue weighted by molar-refractivity contribution is 0.261. The van der Waals surface area contributed by atoms with Crippen molar-refractivity contribution in [1.29, 1.82) is 0 Å². The summed E-state index contributed by atoms with van der Waals surface area (Å²) >= 11 is 5.80. The van der Waals surface area contributed by atoms with Gasteiger partial charge in [0, 0.05) is 19.1 Å². The van der Waals surface area contributed by atoms with Gasteiger partial charge in [-0.05, 0) is 20.4 Å². The molecule has 0 bridgehead atoms. The van der Waals surface area contributed by atoms with E-state index in [2.05, 4.69) is 41.1 Å². The Kier molecular flexibility index (Phi) is 5.44. The van der Waals surface area contributed by atoms with Crippen molar-refractivity contribution in [3.05, 3.63) is 11.5 Å². The molecule has 1 atom stereocenters. The standard InChI is InChI=1S/C11H20ClN5/c1-4-8(2)17(3)6-5-14-11-9(13)10(12)15-7-16-11/h7-8H,4-6,13H2,1-3H3,(H,14,15,16). The van der Waals surface area contributed by atoms with E-state index in [1.165, 1.54) is 6.33 Å². The monoisotopic (exact) mass is 257 g/mol. The van der Waals surface area contributed by atoms with Crippen LogP contribution in [0.3, 0.4) is 0 Å². The molecule has 6 heteroatoms. The number of nitrogens with zero attached hydrogens (tertiary/aromatic N) is 3. The molecule has 1 unspecified atom stereocenters. The highest BCUT2D eigenvalue weighted by molar-refractivity contribution is 6.32. The van der Waals surface area contributed by atoms with Crippen LogP contribution in [0, 0.1) is 0 Å². The maximum absolute atomic E-state index is 5.80. The molecule has 1 heterocycles. The summed E-state index contributed by atoms with van der Waals surface area (Å²) in [4.78, 5) is 10.1. The molecule has 0 radical (unpaired) electrons. The Morgan fingerprint density at radius 1 is 1.53 bits per heavy atom. The van der Waals surface area contributed by atoms with Crippen LogP contribution in [0.2, 0.25) is 5.15 Å². The van der Waals surface area contributed by atoms with Crippen molar-refractivity contribution in [3.63, 3.8) is 0 Å². The first-order valence-electron chi connectivity index (χ1n) is 5.76. The Morgan fingerprint density at radius 3 is 2.88 bits per heavy atom. The predicted molar refractivity (Wildman–Crippen MR) is 72.3 cm³/mol. The number of hydrogen-bond donors (Lipinski definition) is 2. The predicted octanol–water partition coefficient (Wildman–Crippen LogP) is 1.85. The molecule has 0 aliphatic carbocycles. The van der Waals surface area contributed by atoms with Gasteiger partial charge in [0.25, 0.3) is 0 Å². The summed E-state index contributed by atoms with van der Waals surface area (Å²) in [5.41, 5.74) is 6.16. The van der Waals surface area contributed by atoms with Crippen molar-refractivity contribution in [2.24, 2.45) is 0 Å². The molecule has 0 saturated heterocycles. The van der Waals surface area contributed by atoms with Gasteiger partial charge in [0.05, 0.1) is 0 Å². The van der Waals surface area contributed by atoms with E-state index in [-0.39, 0.29) is 5.15 Å². The Balaban J connectivity index is 2.43. The van der Waals surface area contributed by atoms with Crippen LogP contribution in [0.1, 0.15) is 20.3 Å². The number of likely N-dealkylation sites (N-methyl/N-ethyl adjacent to an activating group) is 1. The van der Waals surface area contributed by atoms with Crippen LogP contribution in [-0.2, 0) is 0 Å². The van der Waals surface area contributed by atoms with Crippen LogP contribution in [0.4, 0.5) is 11.5 Å². The fourth-order valence-electron chi connectivity index (χ4n) is 1.40. The molecule has 0 amide bonds. The Hall–Kier alpha value is -1.07. The number of nitrogens with two attached hydrogens (primary N) is 1. The lowest BCUT2D eigenvalue weighted by Crippen LogP contribution is -2.32. The summed E-state index contributed by atoms with van der Waals surface area (Å²) in [6.45, 7) is 6.08. The van der Waals surface area contributed by atoms with Gasteiger partial charge in [-0.2, -0.15) is 0 Å². The minimum absolute atomic E-state index is 0.290. The fraction of sp³-hybridized carbons (Fsp3) is 0.636. The number of halogens is 1. The number of nitrogen functional groups attached to an aromatic ring is 1. The number of hydrogen-bond acceptors (Lipinski definition) is 5. The summed E-state index contributed by atoms with van der Waals surface area (Å²) < 4.78 is 0. The second kappa shape index (κ2) is 6.61. The highest BCUT2D eigenvalue weighted by Crippen LogP contribution is 2.21. The molecule has 1 rings (SSSR count). The number of nitrogens with one attached hydrogen (secondary N) is 1. The largest absolute Gasteiger partial charge is 0.393 e. The highest BCUT2D eigenvalue weighted by atomic mass is 35.5. The average Bonchev–Trinajstić information content (AvgIpc) is 2.33. The van der Waals surface area contributed by atoms with Gasteiger partial charge in [0.2, 0.25) is 0 Å². The summed E-state index contributed by atoms with van der Waals surface area (Å²) in [6, 6.07) is 0.572. The molecule has 17 heavy (non-hydrogen) atoms. The van der Waals surface area contributed by atoms with Gasteiger partial charge < -0.3 is 16.0 Å². The van der Waals surface area contributed by atoms with Gasteiger partial charge in [-0.1, -0.05) is 18.5 Å². The molecule has 5 nitrogen and oxygen atoms in total. The first-order valence-corrected chi connectivity index (χ1v) is 6.14. The van der Waals surface area contributed by atoms with Crippen molar-refractivity contribution in [1.82, 2.24) is 14.9 Å². The SMILES string of the molecule is CCC(C)N(C)CCNc1ncnc(Cl)c1N. The van der Waals surface area contributed by atoms with E-state index in [1.807, 2.05) is 0 Å². The molecule has 0 fully saturated rings. The summed E-state index contributed by atoms with van der Waals surface area (Å²) in [7, 11) is 2.10. The Morgan fingerprint density at radius 2 is 2.24 bits per heavy atom. The van der Waals surface area contributed by atoms with Gasteiger partial charge >= 0.3 is 0 Å². The van der Waals surface area contributed by atoms with Crippen molar-refractivity contribution in [3.8, 4) is 0 Å². The smallest absolute Gasteiger partial charge is 0.157 e. The zero-order valence-electron chi connectivity index (χ0n) is 10.6. The lowest BCUT2D eigenvalue weighted by atomic mass is 10.2. The third-order valence-corrected chi connectivity index (χ3v) is 3.24. The third-order valence-electron chi connectivity index (χ3n) is 2.94. The maximum atomic E-state index is 5.80. The molecule has 0 spiro atoms. The van der Waals surface area contributed by atoms with Crippen molar-refractivity contribution >= 4 is 23.1 Å². The molecule has 1 aromatic rings. The van der Waals surface area contributed by atoms with E-state index in [1.54, 1.807) is 0 Å². The average molecular weight is 258 g/mol. The normalized spacial score (nSPS) is 12.8. The molecular weight excluding hydrogens is 238 g/mol. The molecule has 3 N–H and O–H groups in total. The molecule has 0 aliphatic rings. The molecule has 96 valence electrons. The van der Waals surface area contributed by atoms with Gasteiger partial charge in [0.15, 0.2) is 11.0 Å². The molecule has 0 saturated carbocycles. The molecule has 0 aromatic carbocycles. The van der Waals surface area contributed by atoms with E-state index >= 15 is 0 Å². The zero-order valence-corrected chi connectivity index (χ0v) is 11.3. The van der Waals surface area contributed by atoms with Gasteiger partial charge in [-0.15, -0.1) is 0 Å². The first-order chi connectivity index (χ1) is 8.06. The fourth-order valence-corrected chi connectivity index (χ4v) is 1.53. The van der Waals surface area contributed by atoms with Gasteiger partial charge in [0.1, 0.15) is 12.0 Å². The molecule has 1 aromatic heterocycles. The zero-order chi connectivity index (χ0) is 12.8. The van der Waals surface area contributed by atoms with Crippen molar-refractivity contribution < 1.29 is 0 Å². The topological polar surface area (TPSA) is 67.1 Å². The summed E-state index contributed by atoms with van der Waals surface area (Å²) in [5.74, 6) is 0.600. The number of anilines is 2.